The van der Waals surface area contributed by atoms with Gasteiger partial charge in [-0.25, -0.2) is 4.98 Å². The van der Waals surface area contributed by atoms with Gasteiger partial charge in [-0.15, -0.1) is 0 Å². The highest BCUT2D eigenvalue weighted by molar-refractivity contribution is 5.97. The molecule has 0 amide bonds. The van der Waals surface area contributed by atoms with Gasteiger partial charge in [0.1, 0.15) is 11.5 Å². The molecule has 1 atom stereocenters. The van der Waals surface area contributed by atoms with Crippen molar-refractivity contribution in [3.8, 4) is 17.2 Å². The van der Waals surface area contributed by atoms with Crippen molar-refractivity contribution >= 4 is 11.9 Å². The number of aromatic nitrogens is 2. The first kappa shape index (κ1) is 24.9. The fourth-order valence-electron chi connectivity index (χ4n) is 5.32. The maximum atomic E-state index is 6.31. The summed E-state index contributed by atoms with van der Waals surface area (Å²) in [4.78, 5) is 12.9. The Bertz CT molecular complexity index is 1310. The summed E-state index contributed by atoms with van der Waals surface area (Å²) >= 11 is 0. The second-order valence-electron chi connectivity index (χ2n) is 9.35. The molecule has 0 fully saturated rings. The molecule has 8 heteroatoms. The zero-order valence-electron chi connectivity index (χ0n) is 21.9. The maximum Gasteiger partial charge on any atom is 0.237 e. The molecule has 0 bridgehead atoms. The number of fused-ring (bicyclic) bond motifs is 2. The molecule has 0 N–H and O–H groups in total. The Morgan fingerprint density at radius 1 is 1.08 bits per heavy atom. The second kappa shape index (κ2) is 10.7. The summed E-state index contributed by atoms with van der Waals surface area (Å²) in [6.07, 6.45) is 11.5. The van der Waals surface area contributed by atoms with E-state index in [1.165, 1.54) is 5.56 Å². The highest BCUT2D eigenvalue weighted by Gasteiger charge is 2.49. The Morgan fingerprint density at radius 3 is 2.70 bits per heavy atom. The molecule has 8 nitrogen and oxygen atoms in total. The zero-order valence-corrected chi connectivity index (χ0v) is 21.9. The first-order valence-electron chi connectivity index (χ1n) is 12.7. The van der Waals surface area contributed by atoms with Crippen LogP contribution in [0.4, 0.5) is 0 Å². The average Bonchev–Trinajstić information content (AvgIpc) is 3.51. The van der Waals surface area contributed by atoms with Crippen LogP contribution < -0.4 is 9.47 Å². The molecule has 0 saturated heterocycles. The molecular formula is C29H34N4O4. The van der Waals surface area contributed by atoms with Gasteiger partial charge in [-0.05, 0) is 56.0 Å². The number of nitrogens with zero attached hydrogens (tertiary/aromatic N) is 4. The number of oxime groups is 1. The van der Waals surface area contributed by atoms with Gasteiger partial charge in [0.15, 0.2) is 5.84 Å². The predicted octanol–water partition coefficient (Wildman–Crippen LogP) is 5.08. The van der Waals surface area contributed by atoms with E-state index in [4.69, 9.17) is 19.0 Å². The lowest BCUT2D eigenvalue weighted by molar-refractivity contribution is -0.118. The molecule has 0 radical (unpaired) electrons. The van der Waals surface area contributed by atoms with Crippen LogP contribution in [-0.4, -0.2) is 54.8 Å². The van der Waals surface area contributed by atoms with E-state index in [1.54, 1.807) is 27.7 Å². The van der Waals surface area contributed by atoms with Gasteiger partial charge in [0.05, 0.1) is 31.9 Å². The number of benzene rings is 2. The van der Waals surface area contributed by atoms with Gasteiger partial charge >= 0.3 is 0 Å². The Kier molecular flexibility index (Phi) is 7.19. The van der Waals surface area contributed by atoms with Crippen LogP contribution in [0.5, 0.6) is 11.5 Å². The van der Waals surface area contributed by atoms with Crippen LogP contribution in [-0.2, 0) is 21.7 Å². The SMILES string of the molecule is COCCCN1C(/C=C/c2ccc(-n3cnc(C)c3)c(OC)c2)=NOC12CCCc1c(OC)cccc12. The lowest BCUT2D eigenvalue weighted by atomic mass is 9.83. The van der Waals surface area contributed by atoms with E-state index in [9.17, 15) is 0 Å². The Morgan fingerprint density at radius 2 is 1.95 bits per heavy atom. The molecule has 194 valence electrons. The van der Waals surface area contributed by atoms with Gasteiger partial charge < -0.3 is 28.5 Å². The predicted molar refractivity (Wildman–Crippen MR) is 143 cm³/mol. The van der Waals surface area contributed by atoms with Crippen molar-refractivity contribution in [3.05, 3.63) is 77.4 Å². The Hall–Kier alpha value is -3.78. The third-order valence-electron chi connectivity index (χ3n) is 7.07. The normalized spacial score (nSPS) is 18.7. The largest absolute Gasteiger partial charge is 0.496 e. The minimum atomic E-state index is -0.642. The molecule has 2 aromatic carbocycles. The van der Waals surface area contributed by atoms with Crippen molar-refractivity contribution in [3.63, 3.8) is 0 Å². The number of rotatable bonds is 9. The zero-order chi connectivity index (χ0) is 25.8. The molecule has 1 spiro atoms. The van der Waals surface area contributed by atoms with Gasteiger partial charge in [0.2, 0.25) is 5.72 Å². The average molecular weight is 503 g/mol. The number of methoxy groups -OCH3 is 3. The minimum Gasteiger partial charge on any atom is -0.496 e. The molecule has 2 heterocycles. The molecule has 0 saturated carbocycles. The highest BCUT2D eigenvalue weighted by atomic mass is 16.7. The topological polar surface area (TPSA) is 70.3 Å². The number of hydrogen-bond acceptors (Lipinski definition) is 7. The van der Waals surface area contributed by atoms with Crippen molar-refractivity contribution in [2.24, 2.45) is 5.16 Å². The first-order chi connectivity index (χ1) is 18.1. The van der Waals surface area contributed by atoms with Crippen molar-refractivity contribution in [1.82, 2.24) is 14.5 Å². The van der Waals surface area contributed by atoms with E-state index in [2.05, 4.69) is 27.2 Å². The third kappa shape index (κ3) is 4.69. The monoisotopic (exact) mass is 502 g/mol. The molecule has 3 aromatic rings. The van der Waals surface area contributed by atoms with E-state index in [0.29, 0.717) is 6.61 Å². The first-order valence-corrected chi connectivity index (χ1v) is 12.7. The van der Waals surface area contributed by atoms with E-state index in [1.807, 2.05) is 54.1 Å². The van der Waals surface area contributed by atoms with E-state index in [-0.39, 0.29) is 0 Å². The van der Waals surface area contributed by atoms with E-state index < -0.39 is 5.72 Å². The summed E-state index contributed by atoms with van der Waals surface area (Å²) in [5, 5.41) is 4.58. The second-order valence-corrected chi connectivity index (χ2v) is 9.35. The lowest BCUT2D eigenvalue weighted by Gasteiger charge is -2.41. The van der Waals surface area contributed by atoms with Crippen LogP contribution in [0, 0.1) is 6.92 Å². The van der Waals surface area contributed by atoms with Crippen molar-refractivity contribution in [1.29, 1.82) is 0 Å². The quantitative estimate of drug-likeness (QED) is 0.380. The van der Waals surface area contributed by atoms with E-state index in [0.717, 1.165) is 72.1 Å². The van der Waals surface area contributed by atoms with Crippen LogP contribution in [0.25, 0.3) is 11.8 Å². The number of ether oxygens (including phenoxy) is 3. The number of hydrogen-bond donors (Lipinski definition) is 0. The molecule has 1 aliphatic carbocycles. The number of imidazole rings is 1. The number of amidine groups is 1. The molecular weight excluding hydrogens is 468 g/mol. The van der Waals surface area contributed by atoms with Crippen LogP contribution in [0.15, 0.2) is 60.2 Å². The summed E-state index contributed by atoms with van der Waals surface area (Å²) in [7, 11) is 5.14. The molecule has 2 aliphatic rings. The van der Waals surface area contributed by atoms with Crippen LogP contribution in [0.2, 0.25) is 0 Å². The van der Waals surface area contributed by atoms with Gasteiger partial charge in [0, 0.05) is 44.0 Å². The Balaban J connectivity index is 1.45. The third-order valence-corrected chi connectivity index (χ3v) is 7.07. The minimum absolute atomic E-state index is 0.642. The van der Waals surface area contributed by atoms with Gasteiger partial charge in [-0.2, -0.15) is 0 Å². The van der Waals surface area contributed by atoms with E-state index >= 15 is 0 Å². The van der Waals surface area contributed by atoms with Gasteiger partial charge in [0.25, 0.3) is 0 Å². The maximum absolute atomic E-state index is 6.31. The lowest BCUT2D eigenvalue weighted by Crippen LogP contribution is -2.48. The van der Waals surface area contributed by atoms with Crippen LogP contribution >= 0.6 is 0 Å². The fraction of sp³-hybridized carbons (Fsp3) is 0.379. The summed E-state index contributed by atoms with van der Waals surface area (Å²) in [5.74, 6) is 2.47. The molecule has 1 aliphatic heterocycles. The molecule has 1 aromatic heterocycles. The summed E-state index contributed by atoms with van der Waals surface area (Å²) in [6, 6.07) is 12.3. The summed E-state index contributed by atoms with van der Waals surface area (Å²) in [6.45, 7) is 3.40. The summed E-state index contributed by atoms with van der Waals surface area (Å²) in [5.41, 5.74) is 4.58. The standard InChI is InChI=1S/C29H34N4O4/c1-21-19-32(20-30-21)25-13-11-22(18-27(25)36-4)12-14-28-31-37-29(33(28)16-7-17-34-2)15-6-8-23-24(29)9-5-10-26(23)35-3/h5,9-14,18-20H,6-8,15-17H2,1-4H3/b14-12+. The molecule has 1 unspecified atom stereocenters. The van der Waals surface area contributed by atoms with Crippen LogP contribution in [0.3, 0.4) is 0 Å². The smallest absolute Gasteiger partial charge is 0.237 e. The summed E-state index contributed by atoms with van der Waals surface area (Å²) < 4.78 is 18.7. The fourth-order valence-corrected chi connectivity index (χ4v) is 5.32. The number of aryl methyl sites for hydroxylation is 1. The molecule has 37 heavy (non-hydrogen) atoms. The Labute approximate surface area is 218 Å². The van der Waals surface area contributed by atoms with Crippen molar-refractivity contribution in [2.75, 3.05) is 34.5 Å². The van der Waals surface area contributed by atoms with Crippen molar-refractivity contribution in [2.45, 2.75) is 38.3 Å². The highest BCUT2D eigenvalue weighted by Crippen LogP contribution is 2.47. The molecule has 5 rings (SSSR count). The van der Waals surface area contributed by atoms with Gasteiger partial charge in [-0.3, -0.25) is 0 Å². The van der Waals surface area contributed by atoms with Gasteiger partial charge in [-0.1, -0.05) is 29.4 Å². The van der Waals surface area contributed by atoms with Crippen molar-refractivity contribution < 1.29 is 19.0 Å². The van der Waals surface area contributed by atoms with Crippen LogP contribution in [0.1, 0.15) is 41.6 Å².